The molecular formula is C37H24N2O. The highest BCUT2D eigenvalue weighted by Crippen LogP contribution is 2.40. The van der Waals surface area contributed by atoms with Crippen LogP contribution in [-0.4, -0.2) is 9.13 Å². The molecule has 9 aromatic rings. The first-order chi connectivity index (χ1) is 19.8. The summed E-state index contributed by atoms with van der Waals surface area (Å²) in [5.74, 6) is 0. The number of nitrogens with zero attached hydrogens (tertiary/aromatic N) is 2. The van der Waals surface area contributed by atoms with Gasteiger partial charge in [-0.3, -0.25) is 0 Å². The first-order valence-corrected chi connectivity index (χ1v) is 13.7. The van der Waals surface area contributed by atoms with Crippen molar-refractivity contribution in [1.82, 2.24) is 9.13 Å². The second-order valence-corrected chi connectivity index (χ2v) is 10.7. The third-order valence-corrected chi connectivity index (χ3v) is 8.37. The van der Waals surface area contributed by atoms with Gasteiger partial charge >= 0.3 is 0 Å². The number of aromatic nitrogens is 2. The largest absolute Gasteiger partial charge is 0.456 e. The number of fused-ring (bicyclic) bond motifs is 9. The summed E-state index contributed by atoms with van der Waals surface area (Å²) in [6.07, 6.45) is 0. The predicted octanol–water partition coefficient (Wildman–Crippen LogP) is 10.1. The lowest BCUT2D eigenvalue weighted by molar-refractivity contribution is 0.669. The van der Waals surface area contributed by atoms with E-state index in [1.54, 1.807) is 0 Å². The van der Waals surface area contributed by atoms with E-state index in [0.29, 0.717) is 0 Å². The fourth-order valence-electron chi connectivity index (χ4n) is 6.66. The maximum atomic E-state index is 6.46. The van der Waals surface area contributed by atoms with Gasteiger partial charge in [-0.2, -0.15) is 0 Å². The van der Waals surface area contributed by atoms with Gasteiger partial charge in [-0.05, 0) is 67.1 Å². The van der Waals surface area contributed by atoms with Gasteiger partial charge in [-0.1, -0.05) is 72.8 Å². The first-order valence-electron chi connectivity index (χ1n) is 13.7. The van der Waals surface area contributed by atoms with Crippen molar-refractivity contribution < 1.29 is 4.42 Å². The maximum Gasteiger partial charge on any atom is 0.137 e. The summed E-state index contributed by atoms with van der Waals surface area (Å²) < 4.78 is 11.2. The zero-order chi connectivity index (χ0) is 26.4. The lowest BCUT2D eigenvalue weighted by Crippen LogP contribution is -1.95. The molecule has 0 radical (unpaired) electrons. The lowest BCUT2D eigenvalue weighted by atomic mass is 10.1. The van der Waals surface area contributed by atoms with Crippen LogP contribution in [0.15, 0.2) is 132 Å². The standard InChI is InChI=1S/C37H24N2O/c1-23-17-19-28-27-11-4-7-14-32(27)39(34(28)21-23)33-15-8-16-36-37(33)29-22-24(18-20-35(29)40-36)38-30-12-5-2-9-25(30)26-10-3-6-13-31(26)38/h2-22H,1H3. The van der Waals surface area contributed by atoms with E-state index in [1.807, 2.05) is 0 Å². The minimum Gasteiger partial charge on any atom is -0.456 e. The van der Waals surface area contributed by atoms with Crippen LogP contribution in [0.3, 0.4) is 0 Å². The fourth-order valence-corrected chi connectivity index (χ4v) is 6.66. The Hall–Kier alpha value is -5.28. The van der Waals surface area contributed by atoms with Crippen molar-refractivity contribution in [2.45, 2.75) is 6.92 Å². The molecule has 3 aromatic heterocycles. The van der Waals surface area contributed by atoms with Crippen LogP contribution in [-0.2, 0) is 0 Å². The van der Waals surface area contributed by atoms with Gasteiger partial charge in [0.25, 0.3) is 0 Å². The molecule has 0 aliphatic carbocycles. The van der Waals surface area contributed by atoms with E-state index in [2.05, 4.69) is 143 Å². The minimum atomic E-state index is 0.893. The van der Waals surface area contributed by atoms with Crippen LogP contribution in [0, 0.1) is 6.92 Å². The molecule has 9 rings (SSSR count). The van der Waals surface area contributed by atoms with Crippen LogP contribution in [0.5, 0.6) is 0 Å². The summed E-state index contributed by atoms with van der Waals surface area (Å²) in [6.45, 7) is 2.16. The molecule has 0 amide bonds. The van der Waals surface area contributed by atoms with E-state index < -0.39 is 0 Å². The summed E-state index contributed by atoms with van der Waals surface area (Å²) in [4.78, 5) is 0. The fraction of sp³-hybridized carbons (Fsp3) is 0.0270. The Labute approximate surface area is 230 Å². The number of hydrogen-bond acceptors (Lipinski definition) is 1. The third kappa shape index (κ3) is 2.84. The van der Waals surface area contributed by atoms with Crippen molar-refractivity contribution in [1.29, 1.82) is 0 Å². The molecule has 0 unspecified atom stereocenters. The smallest absolute Gasteiger partial charge is 0.137 e. The van der Waals surface area contributed by atoms with Crippen LogP contribution >= 0.6 is 0 Å². The molecule has 0 spiro atoms. The minimum absolute atomic E-state index is 0.893. The molecule has 40 heavy (non-hydrogen) atoms. The molecule has 3 heterocycles. The highest BCUT2D eigenvalue weighted by atomic mass is 16.3. The molecule has 0 aliphatic heterocycles. The Morgan fingerprint density at radius 1 is 0.450 bits per heavy atom. The SMILES string of the molecule is Cc1ccc2c3ccccc3n(-c3cccc4oc5ccc(-n6c7ccccc7c7ccccc76)cc5c34)c2c1. The van der Waals surface area contributed by atoms with Gasteiger partial charge in [0.1, 0.15) is 11.2 Å². The molecule has 188 valence electrons. The summed E-state index contributed by atoms with van der Waals surface area (Å²) in [5, 5.41) is 7.28. The molecular weight excluding hydrogens is 488 g/mol. The van der Waals surface area contributed by atoms with Gasteiger partial charge in [0.05, 0.1) is 33.1 Å². The molecule has 0 N–H and O–H groups in total. The van der Waals surface area contributed by atoms with Crippen LogP contribution in [0.2, 0.25) is 0 Å². The molecule has 0 fully saturated rings. The number of aryl methyl sites for hydroxylation is 1. The normalized spacial score (nSPS) is 12.1. The van der Waals surface area contributed by atoms with E-state index in [1.165, 1.54) is 49.2 Å². The average molecular weight is 513 g/mol. The van der Waals surface area contributed by atoms with Gasteiger partial charge in [-0.25, -0.2) is 0 Å². The quantitative estimate of drug-likeness (QED) is 0.226. The second-order valence-electron chi connectivity index (χ2n) is 10.7. The summed E-state index contributed by atoms with van der Waals surface area (Å²) in [5.41, 5.74) is 10.1. The summed E-state index contributed by atoms with van der Waals surface area (Å²) in [7, 11) is 0. The average Bonchev–Trinajstić information content (AvgIpc) is 3.64. The van der Waals surface area contributed by atoms with E-state index in [4.69, 9.17) is 4.42 Å². The van der Waals surface area contributed by atoms with Gasteiger partial charge in [0.15, 0.2) is 0 Å². The van der Waals surface area contributed by atoms with E-state index in [0.717, 1.165) is 33.3 Å². The Kier molecular flexibility index (Phi) is 4.26. The monoisotopic (exact) mass is 512 g/mol. The third-order valence-electron chi connectivity index (χ3n) is 8.37. The second kappa shape index (κ2) is 7.87. The Balaban J connectivity index is 1.40. The van der Waals surface area contributed by atoms with E-state index >= 15 is 0 Å². The van der Waals surface area contributed by atoms with Gasteiger partial charge in [0.2, 0.25) is 0 Å². The first kappa shape index (κ1) is 21.6. The topological polar surface area (TPSA) is 23.0 Å². The molecule has 6 aromatic carbocycles. The maximum absolute atomic E-state index is 6.46. The molecule has 0 saturated heterocycles. The highest BCUT2D eigenvalue weighted by molar-refractivity contribution is 6.15. The van der Waals surface area contributed by atoms with Crippen molar-refractivity contribution in [3.05, 3.63) is 133 Å². The predicted molar refractivity (Wildman–Crippen MR) is 167 cm³/mol. The van der Waals surface area contributed by atoms with Crippen molar-refractivity contribution in [2.75, 3.05) is 0 Å². The van der Waals surface area contributed by atoms with Crippen LogP contribution in [0.1, 0.15) is 5.56 Å². The Morgan fingerprint density at radius 2 is 1.07 bits per heavy atom. The molecule has 0 saturated carbocycles. The number of para-hydroxylation sites is 3. The summed E-state index contributed by atoms with van der Waals surface area (Å²) in [6, 6.07) is 45.7. The molecule has 0 aliphatic rings. The molecule has 0 atom stereocenters. The Morgan fingerprint density at radius 3 is 1.77 bits per heavy atom. The number of benzene rings is 6. The summed E-state index contributed by atoms with van der Waals surface area (Å²) >= 11 is 0. The van der Waals surface area contributed by atoms with Gasteiger partial charge in [0, 0.05) is 32.6 Å². The van der Waals surface area contributed by atoms with Crippen molar-refractivity contribution in [2.24, 2.45) is 0 Å². The van der Waals surface area contributed by atoms with E-state index in [-0.39, 0.29) is 0 Å². The van der Waals surface area contributed by atoms with E-state index in [9.17, 15) is 0 Å². The number of hydrogen-bond donors (Lipinski definition) is 0. The molecule has 3 heteroatoms. The van der Waals surface area contributed by atoms with Crippen molar-refractivity contribution in [3.63, 3.8) is 0 Å². The van der Waals surface area contributed by atoms with Crippen LogP contribution in [0.4, 0.5) is 0 Å². The zero-order valence-corrected chi connectivity index (χ0v) is 21.9. The lowest BCUT2D eigenvalue weighted by Gasteiger charge is -2.11. The number of furan rings is 1. The highest BCUT2D eigenvalue weighted by Gasteiger charge is 2.19. The Bertz CT molecular complexity index is 2400. The molecule has 0 bridgehead atoms. The number of rotatable bonds is 2. The molecule has 3 nitrogen and oxygen atoms in total. The van der Waals surface area contributed by atoms with Gasteiger partial charge in [-0.15, -0.1) is 0 Å². The zero-order valence-electron chi connectivity index (χ0n) is 21.9. The van der Waals surface area contributed by atoms with Gasteiger partial charge < -0.3 is 13.6 Å². The van der Waals surface area contributed by atoms with Crippen LogP contribution < -0.4 is 0 Å². The van der Waals surface area contributed by atoms with Crippen LogP contribution in [0.25, 0.3) is 76.9 Å². The van der Waals surface area contributed by atoms with Crippen molar-refractivity contribution in [3.8, 4) is 11.4 Å². The van der Waals surface area contributed by atoms with Crippen molar-refractivity contribution >= 4 is 65.6 Å².